The highest BCUT2D eigenvalue weighted by atomic mass is 16.5. The predicted octanol–water partition coefficient (Wildman–Crippen LogP) is 5.57. The minimum Gasteiger partial charge on any atom is -0.497 e. The van der Waals surface area contributed by atoms with E-state index in [9.17, 15) is 0 Å². The van der Waals surface area contributed by atoms with E-state index in [1.54, 1.807) is 21.3 Å². The first-order valence-electron chi connectivity index (χ1n) is 10.3. The van der Waals surface area contributed by atoms with E-state index in [4.69, 9.17) is 24.3 Å². The SMILES string of the molecule is COc1ccc(-c2nc3c(c(C)nn3-c3ccccc3)c3cc(OC)c(OC)cc23)cc1. The second kappa shape index (κ2) is 7.89. The zero-order valence-electron chi connectivity index (χ0n) is 18.4. The predicted molar refractivity (Wildman–Crippen MR) is 126 cm³/mol. The fourth-order valence-electron chi connectivity index (χ4n) is 4.10. The van der Waals surface area contributed by atoms with Crippen molar-refractivity contribution in [3.63, 3.8) is 0 Å². The molecular weight excluding hydrogens is 402 g/mol. The largest absolute Gasteiger partial charge is 0.497 e. The van der Waals surface area contributed by atoms with Gasteiger partial charge in [-0.1, -0.05) is 18.2 Å². The van der Waals surface area contributed by atoms with Gasteiger partial charge in [0.1, 0.15) is 5.75 Å². The molecule has 2 aromatic heterocycles. The van der Waals surface area contributed by atoms with Crippen LogP contribution in [0.2, 0.25) is 0 Å². The van der Waals surface area contributed by atoms with E-state index in [2.05, 4.69) is 0 Å². The van der Waals surface area contributed by atoms with Crippen LogP contribution in [0.1, 0.15) is 5.69 Å². The third kappa shape index (κ3) is 3.12. The van der Waals surface area contributed by atoms with Crippen molar-refractivity contribution in [3.05, 3.63) is 72.4 Å². The summed E-state index contributed by atoms with van der Waals surface area (Å²) in [6.45, 7) is 2.01. The molecule has 0 radical (unpaired) electrons. The van der Waals surface area contributed by atoms with Crippen molar-refractivity contribution in [2.24, 2.45) is 0 Å². The lowest BCUT2D eigenvalue weighted by atomic mass is 10.00. The molecule has 0 aliphatic rings. The van der Waals surface area contributed by atoms with Crippen LogP contribution in [0, 0.1) is 6.92 Å². The van der Waals surface area contributed by atoms with Crippen molar-refractivity contribution in [1.29, 1.82) is 0 Å². The van der Waals surface area contributed by atoms with Gasteiger partial charge in [0.2, 0.25) is 0 Å². The number of hydrogen-bond acceptors (Lipinski definition) is 5. The summed E-state index contributed by atoms with van der Waals surface area (Å²) in [4.78, 5) is 5.12. The average molecular weight is 425 g/mol. The number of pyridine rings is 1. The maximum absolute atomic E-state index is 5.61. The summed E-state index contributed by atoms with van der Waals surface area (Å²) in [6, 6.07) is 21.9. The van der Waals surface area contributed by atoms with E-state index in [-0.39, 0.29) is 0 Å². The van der Waals surface area contributed by atoms with Gasteiger partial charge in [-0.3, -0.25) is 0 Å². The summed E-state index contributed by atoms with van der Waals surface area (Å²) in [5.74, 6) is 2.12. The number of aromatic nitrogens is 3. The molecule has 0 saturated heterocycles. The Morgan fingerprint density at radius 1 is 0.750 bits per heavy atom. The zero-order chi connectivity index (χ0) is 22.2. The number of methoxy groups -OCH3 is 3. The van der Waals surface area contributed by atoms with Crippen LogP contribution in [0.25, 0.3) is 38.8 Å². The molecule has 6 heteroatoms. The van der Waals surface area contributed by atoms with Gasteiger partial charge in [-0.25, -0.2) is 9.67 Å². The monoisotopic (exact) mass is 425 g/mol. The van der Waals surface area contributed by atoms with Gasteiger partial charge in [0.25, 0.3) is 0 Å². The van der Waals surface area contributed by atoms with Gasteiger partial charge in [0.05, 0.1) is 43.8 Å². The molecule has 0 fully saturated rings. The number of para-hydroxylation sites is 1. The minimum absolute atomic E-state index is 0.656. The normalized spacial score (nSPS) is 11.1. The topological polar surface area (TPSA) is 58.4 Å². The molecule has 32 heavy (non-hydrogen) atoms. The number of ether oxygens (including phenoxy) is 3. The van der Waals surface area contributed by atoms with Crippen molar-refractivity contribution in [2.75, 3.05) is 21.3 Å². The molecule has 0 aliphatic carbocycles. The quantitative estimate of drug-likeness (QED) is 0.368. The molecule has 0 aliphatic heterocycles. The van der Waals surface area contributed by atoms with Crippen LogP contribution < -0.4 is 14.2 Å². The molecule has 5 aromatic rings. The van der Waals surface area contributed by atoms with Crippen LogP contribution in [0.15, 0.2) is 66.7 Å². The number of benzene rings is 3. The van der Waals surface area contributed by atoms with Gasteiger partial charge in [0.15, 0.2) is 17.1 Å². The number of hydrogen-bond donors (Lipinski definition) is 0. The fourth-order valence-corrected chi connectivity index (χ4v) is 4.10. The molecule has 0 amide bonds. The van der Waals surface area contributed by atoms with Crippen LogP contribution in [-0.2, 0) is 0 Å². The van der Waals surface area contributed by atoms with Gasteiger partial charge >= 0.3 is 0 Å². The average Bonchev–Trinajstić information content (AvgIpc) is 3.19. The summed E-state index contributed by atoms with van der Waals surface area (Å²) in [7, 11) is 4.95. The summed E-state index contributed by atoms with van der Waals surface area (Å²) in [5.41, 5.74) is 4.46. The highest BCUT2D eigenvalue weighted by molar-refractivity contribution is 6.12. The highest BCUT2D eigenvalue weighted by Gasteiger charge is 2.20. The maximum atomic E-state index is 5.61. The second-order valence-electron chi connectivity index (χ2n) is 7.47. The summed E-state index contributed by atoms with van der Waals surface area (Å²) in [6.07, 6.45) is 0. The van der Waals surface area contributed by atoms with E-state index >= 15 is 0 Å². The molecule has 0 unspecified atom stereocenters. The number of rotatable bonds is 5. The van der Waals surface area contributed by atoms with E-state index in [0.29, 0.717) is 11.5 Å². The molecule has 0 spiro atoms. The van der Waals surface area contributed by atoms with Gasteiger partial charge in [-0.05, 0) is 55.5 Å². The molecule has 6 nitrogen and oxygen atoms in total. The molecule has 2 heterocycles. The van der Waals surface area contributed by atoms with Gasteiger partial charge in [-0.2, -0.15) is 5.10 Å². The molecule has 0 N–H and O–H groups in total. The van der Waals surface area contributed by atoms with Gasteiger partial charge < -0.3 is 14.2 Å². The van der Waals surface area contributed by atoms with Gasteiger partial charge in [0, 0.05) is 16.3 Å². The van der Waals surface area contributed by atoms with E-state index < -0.39 is 0 Å². The Balaban J connectivity index is 1.91. The molecule has 160 valence electrons. The number of nitrogens with zero attached hydrogens (tertiary/aromatic N) is 3. The Labute approximate surface area is 186 Å². The lowest BCUT2D eigenvalue weighted by molar-refractivity contribution is 0.356. The van der Waals surface area contributed by atoms with Crippen LogP contribution in [-0.4, -0.2) is 36.1 Å². The highest BCUT2D eigenvalue weighted by Crippen LogP contribution is 2.41. The Hall–Kier alpha value is -4.06. The Kier molecular flexibility index (Phi) is 4.90. The van der Waals surface area contributed by atoms with Crippen molar-refractivity contribution in [2.45, 2.75) is 6.92 Å². The van der Waals surface area contributed by atoms with Crippen LogP contribution >= 0.6 is 0 Å². The number of aryl methyl sites for hydroxylation is 1. The molecule has 0 saturated carbocycles. The first-order valence-corrected chi connectivity index (χ1v) is 10.3. The van der Waals surface area contributed by atoms with Crippen molar-refractivity contribution in [1.82, 2.24) is 14.8 Å². The molecule has 0 bridgehead atoms. The van der Waals surface area contributed by atoms with Crippen molar-refractivity contribution >= 4 is 21.8 Å². The van der Waals surface area contributed by atoms with Crippen molar-refractivity contribution in [3.8, 4) is 34.2 Å². The van der Waals surface area contributed by atoms with E-state index in [1.165, 1.54) is 0 Å². The lowest BCUT2D eigenvalue weighted by Gasteiger charge is -2.14. The van der Waals surface area contributed by atoms with Gasteiger partial charge in [-0.15, -0.1) is 0 Å². The second-order valence-corrected chi connectivity index (χ2v) is 7.47. The maximum Gasteiger partial charge on any atom is 0.164 e. The Morgan fingerprint density at radius 2 is 1.41 bits per heavy atom. The minimum atomic E-state index is 0.656. The molecule has 0 atom stereocenters. The van der Waals surface area contributed by atoms with E-state index in [0.717, 1.165) is 50.2 Å². The lowest BCUT2D eigenvalue weighted by Crippen LogP contribution is -1.99. The van der Waals surface area contributed by atoms with Crippen LogP contribution in [0.3, 0.4) is 0 Å². The summed E-state index contributed by atoms with van der Waals surface area (Å²) >= 11 is 0. The first-order chi connectivity index (χ1) is 15.6. The smallest absolute Gasteiger partial charge is 0.164 e. The molecular formula is C26H23N3O3. The number of fused-ring (bicyclic) bond motifs is 3. The van der Waals surface area contributed by atoms with E-state index in [1.807, 2.05) is 78.3 Å². The Morgan fingerprint density at radius 3 is 2.03 bits per heavy atom. The zero-order valence-corrected chi connectivity index (χ0v) is 18.4. The third-order valence-electron chi connectivity index (χ3n) is 5.67. The fraction of sp³-hybridized carbons (Fsp3) is 0.154. The molecule has 3 aromatic carbocycles. The summed E-state index contributed by atoms with van der Waals surface area (Å²) < 4.78 is 18.4. The third-order valence-corrected chi connectivity index (χ3v) is 5.67. The van der Waals surface area contributed by atoms with Crippen molar-refractivity contribution < 1.29 is 14.2 Å². The van der Waals surface area contributed by atoms with Crippen LogP contribution in [0.4, 0.5) is 0 Å². The Bertz CT molecular complexity index is 1420. The molecule has 5 rings (SSSR count). The van der Waals surface area contributed by atoms with Crippen LogP contribution in [0.5, 0.6) is 17.2 Å². The summed E-state index contributed by atoms with van der Waals surface area (Å²) in [5, 5.41) is 7.80. The first kappa shape index (κ1) is 19.9. The standard InChI is InChI=1S/C26H23N3O3/c1-16-24-20-14-22(31-3)23(32-4)15-21(20)25(17-10-12-19(30-2)13-11-17)27-26(24)29(28-16)18-8-6-5-7-9-18/h5-15H,1-4H3.